The molecule has 0 saturated heterocycles. The zero-order valence-corrected chi connectivity index (χ0v) is 5.61. The molecule has 0 aliphatic heterocycles. The maximum Gasteiger partial charge on any atom is 0.316 e. The molecule has 1 aromatic heterocycles. The molecule has 0 aliphatic rings. The molecule has 0 saturated carbocycles. The molecule has 10 heavy (non-hydrogen) atoms. The van der Waals surface area contributed by atoms with Crippen LogP contribution in [0.5, 0.6) is 11.8 Å². The minimum atomic E-state index is 0.0449. The van der Waals surface area contributed by atoms with Gasteiger partial charge < -0.3 is 9.84 Å². The molecule has 0 radical (unpaired) electrons. The average molecular weight is 140 g/mol. The van der Waals surface area contributed by atoms with E-state index in [2.05, 4.69) is 9.97 Å². The molecule has 0 unspecified atom stereocenters. The van der Waals surface area contributed by atoms with Crippen molar-refractivity contribution in [2.75, 3.05) is 6.61 Å². The third kappa shape index (κ3) is 1.58. The van der Waals surface area contributed by atoms with Gasteiger partial charge in [0.25, 0.3) is 0 Å². The number of ether oxygens (including phenoxy) is 1. The van der Waals surface area contributed by atoms with Crippen molar-refractivity contribution in [1.82, 2.24) is 9.97 Å². The minimum Gasteiger partial charge on any atom is -0.505 e. The van der Waals surface area contributed by atoms with E-state index >= 15 is 0 Å². The van der Waals surface area contributed by atoms with Crippen LogP contribution in [-0.4, -0.2) is 21.7 Å². The topological polar surface area (TPSA) is 55.2 Å². The monoisotopic (exact) mass is 140 g/mol. The van der Waals surface area contributed by atoms with Gasteiger partial charge in [-0.05, 0) is 6.92 Å². The average Bonchev–Trinajstić information content (AvgIpc) is 1.95. The normalized spacial score (nSPS) is 9.30. The van der Waals surface area contributed by atoms with Crippen molar-refractivity contribution < 1.29 is 9.84 Å². The molecule has 0 atom stereocenters. The van der Waals surface area contributed by atoms with Crippen LogP contribution in [0.2, 0.25) is 0 Å². The van der Waals surface area contributed by atoms with Crippen LogP contribution in [0, 0.1) is 0 Å². The minimum absolute atomic E-state index is 0.0449. The van der Waals surface area contributed by atoms with Gasteiger partial charge in [0.15, 0.2) is 5.75 Å². The highest BCUT2D eigenvalue weighted by atomic mass is 16.5. The van der Waals surface area contributed by atoms with Crippen molar-refractivity contribution in [3.05, 3.63) is 12.4 Å². The standard InChI is InChI=1S/C6H8N2O2/c1-2-10-6-7-3-5(9)4-8-6/h3-4,9H,2H2,1H3. The summed E-state index contributed by atoms with van der Waals surface area (Å²) in [7, 11) is 0. The Bertz CT molecular complexity index is 197. The first-order valence-corrected chi connectivity index (χ1v) is 2.96. The Balaban J connectivity index is 2.69. The van der Waals surface area contributed by atoms with Crippen LogP contribution in [0.4, 0.5) is 0 Å². The Morgan fingerprint density at radius 1 is 1.50 bits per heavy atom. The lowest BCUT2D eigenvalue weighted by Gasteiger charge is -1.97. The summed E-state index contributed by atoms with van der Waals surface area (Å²) in [5.41, 5.74) is 0. The second-order valence-corrected chi connectivity index (χ2v) is 1.66. The lowest BCUT2D eigenvalue weighted by Crippen LogP contribution is -1.95. The molecule has 1 N–H and O–H groups in total. The van der Waals surface area contributed by atoms with Crippen LogP contribution >= 0.6 is 0 Å². The SMILES string of the molecule is CCOc1ncc(O)cn1. The summed E-state index contributed by atoms with van der Waals surface area (Å²) >= 11 is 0. The number of aromatic hydroxyl groups is 1. The number of hydrogen-bond donors (Lipinski definition) is 1. The third-order valence-corrected chi connectivity index (χ3v) is 0.888. The van der Waals surface area contributed by atoms with Crippen molar-refractivity contribution in [1.29, 1.82) is 0 Å². The Kier molecular flexibility index (Phi) is 2.04. The molecule has 4 heteroatoms. The van der Waals surface area contributed by atoms with Crippen LogP contribution in [0.15, 0.2) is 12.4 Å². The molecule has 1 rings (SSSR count). The number of nitrogens with zero attached hydrogens (tertiary/aromatic N) is 2. The van der Waals surface area contributed by atoms with Gasteiger partial charge in [-0.25, -0.2) is 0 Å². The summed E-state index contributed by atoms with van der Waals surface area (Å²) in [5, 5.41) is 8.74. The first-order chi connectivity index (χ1) is 4.83. The summed E-state index contributed by atoms with van der Waals surface area (Å²) in [4.78, 5) is 7.37. The molecule has 0 aromatic carbocycles. The molecule has 1 heterocycles. The highest BCUT2D eigenvalue weighted by molar-refractivity contribution is 5.11. The van der Waals surface area contributed by atoms with Crippen molar-refractivity contribution in [3.8, 4) is 11.8 Å². The molecule has 0 fully saturated rings. The van der Waals surface area contributed by atoms with Gasteiger partial charge in [-0.3, -0.25) is 0 Å². The zero-order chi connectivity index (χ0) is 7.40. The first kappa shape index (κ1) is 6.80. The van der Waals surface area contributed by atoms with Crippen molar-refractivity contribution in [2.24, 2.45) is 0 Å². The van der Waals surface area contributed by atoms with Gasteiger partial charge in [-0.1, -0.05) is 0 Å². The van der Waals surface area contributed by atoms with E-state index < -0.39 is 0 Å². The van der Waals surface area contributed by atoms with E-state index in [-0.39, 0.29) is 5.75 Å². The molecular weight excluding hydrogens is 132 g/mol. The van der Waals surface area contributed by atoms with Crippen LogP contribution in [0.25, 0.3) is 0 Å². The molecule has 54 valence electrons. The van der Waals surface area contributed by atoms with Crippen LogP contribution in [0.3, 0.4) is 0 Å². The van der Waals surface area contributed by atoms with Crippen LogP contribution < -0.4 is 4.74 Å². The van der Waals surface area contributed by atoms with E-state index in [4.69, 9.17) is 9.84 Å². The predicted molar refractivity (Wildman–Crippen MR) is 34.9 cm³/mol. The van der Waals surface area contributed by atoms with E-state index in [0.29, 0.717) is 12.6 Å². The maximum absolute atomic E-state index is 8.74. The maximum atomic E-state index is 8.74. The van der Waals surface area contributed by atoms with Crippen molar-refractivity contribution in [2.45, 2.75) is 6.92 Å². The van der Waals surface area contributed by atoms with Gasteiger partial charge in [-0.2, -0.15) is 9.97 Å². The Labute approximate surface area is 58.5 Å². The van der Waals surface area contributed by atoms with E-state index in [1.165, 1.54) is 12.4 Å². The van der Waals surface area contributed by atoms with Crippen LogP contribution in [0.1, 0.15) is 6.92 Å². The fraction of sp³-hybridized carbons (Fsp3) is 0.333. The zero-order valence-electron chi connectivity index (χ0n) is 5.61. The second-order valence-electron chi connectivity index (χ2n) is 1.66. The lowest BCUT2D eigenvalue weighted by molar-refractivity contribution is 0.310. The molecule has 1 aromatic rings. The molecule has 0 bridgehead atoms. The summed E-state index contributed by atoms with van der Waals surface area (Å²) < 4.78 is 4.93. The fourth-order valence-corrected chi connectivity index (χ4v) is 0.513. The molecule has 4 nitrogen and oxygen atoms in total. The number of hydrogen-bond acceptors (Lipinski definition) is 4. The summed E-state index contributed by atoms with van der Waals surface area (Å²) in [6.45, 7) is 2.38. The first-order valence-electron chi connectivity index (χ1n) is 2.96. The van der Waals surface area contributed by atoms with E-state index in [1.54, 1.807) is 0 Å². The van der Waals surface area contributed by atoms with Crippen LogP contribution in [-0.2, 0) is 0 Å². The largest absolute Gasteiger partial charge is 0.505 e. The Morgan fingerprint density at radius 3 is 2.60 bits per heavy atom. The molecule has 0 amide bonds. The highest BCUT2D eigenvalue weighted by Crippen LogP contribution is 2.06. The van der Waals surface area contributed by atoms with E-state index in [0.717, 1.165) is 0 Å². The van der Waals surface area contributed by atoms with E-state index in [1.807, 2.05) is 6.92 Å². The summed E-state index contributed by atoms with van der Waals surface area (Å²) in [6.07, 6.45) is 2.58. The summed E-state index contributed by atoms with van der Waals surface area (Å²) in [5.74, 6) is 0.0449. The van der Waals surface area contributed by atoms with Gasteiger partial charge in [0.05, 0.1) is 19.0 Å². The van der Waals surface area contributed by atoms with Gasteiger partial charge >= 0.3 is 6.01 Å². The second kappa shape index (κ2) is 3.00. The quantitative estimate of drug-likeness (QED) is 0.652. The van der Waals surface area contributed by atoms with E-state index in [9.17, 15) is 0 Å². The molecule has 0 spiro atoms. The third-order valence-electron chi connectivity index (χ3n) is 0.888. The Hall–Kier alpha value is -1.32. The van der Waals surface area contributed by atoms with Crippen molar-refractivity contribution in [3.63, 3.8) is 0 Å². The Morgan fingerprint density at radius 2 is 2.10 bits per heavy atom. The smallest absolute Gasteiger partial charge is 0.316 e. The number of aromatic nitrogens is 2. The fourth-order valence-electron chi connectivity index (χ4n) is 0.513. The molecule has 0 aliphatic carbocycles. The predicted octanol–water partition coefficient (Wildman–Crippen LogP) is 0.581. The lowest BCUT2D eigenvalue weighted by atomic mass is 10.6. The van der Waals surface area contributed by atoms with Gasteiger partial charge in [0, 0.05) is 0 Å². The molecular formula is C6H8N2O2. The number of rotatable bonds is 2. The van der Waals surface area contributed by atoms with Gasteiger partial charge in [0.1, 0.15) is 0 Å². The highest BCUT2D eigenvalue weighted by Gasteiger charge is 1.93. The van der Waals surface area contributed by atoms with Gasteiger partial charge in [0.2, 0.25) is 0 Å². The van der Waals surface area contributed by atoms with Crippen molar-refractivity contribution >= 4 is 0 Å². The van der Waals surface area contributed by atoms with Gasteiger partial charge in [-0.15, -0.1) is 0 Å². The summed E-state index contributed by atoms with van der Waals surface area (Å²) in [6, 6.07) is 0.292.